The number of benzene rings is 2. The molecule has 0 bridgehead atoms. The molecule has 4 rings (SSSR count). The number of aromatic nitrogens is 1. The van der Waals surface area contributed by atoms with Crippen molar-refractivity contribution in [1.29, 1.82) is 0 Å². The van der Waals surface area contributed by atoms with Gasteiger partial charge in [-0.05, 0) is 49.7 Å². The summed E-state index contributed by atoms with van der Waals surface area (Å²) in [6.45, 7) is 8.54. The number of nitrogens with zero attached hydrogens (tertiary/aromatic N) is 3. The number of amides is 1. The predicted molar refractivity (Wildman–Crippen MR) is 127 cm³/mol. The maximum atomic E-state index is 12.2. The summed E-state index contributed by atoms with van der Waals surface area (Å²) in [5.41, 5.74) is 4.35. The van der Waals surface area contributed by atoms with Gasteiger partial charge in [-0.25, -0.2) is 0 Å². The molecule has 1 N–H and O–H groups in total. The number of nitrogens with one attached hydrogen (secondary N) is 1. The molecule has 31 heavy (non-hydrogen) atoms. The Bertz CT molecular complexity index is 1030. The molecule has 160 valence electrons. The number of rotatable bonds is 6. The van der Waals surface area contributed by atoms with Crippen LogP contribution in [-0.4, -0.2) is 48.6 Å². The van der Waals surface area contributed by atoms with E-state index in [1.807, 2.05) is 23.9 Å². The molecular weight excluding hydrogens is 404 g/mol. The first kappa shape index (κ1) is 21.4. The van der Waals surface area contributed by atoms with Crippen molar-refractivity contribution in [2.75, 3.05) is 37.7 Å². The number of aryl methyl sites for hydroxylation is 2. The van der Waals surface area contributed by atoms with E-state index in [9.17, 15) is 4.79 Å². The molecule has 1 aliphatic heterocycles. The molecule has 3 aromatic rings. The zero-order valence-corrected chi connectivity index (χ0v) is 18.9. The second kappa shape index (κ2) is 9.98. The fourth-order valence-corrected chi connectivity index (χ4v) is 4.80. The van der Waals surface area contributed by atoms with Gasteiger partial charge in [0.15, 0.2) is 0 Å². The number of para-hydroxylation sites is 1. The van der Waals surface area contributed by atoms with E-state index in [4.69, 9.17) is 0 Å². The van der Waals surface area contributed by atoms with Crippen LogP contribution < -0.4 is 10.2 Å². The van der Waals surface area contributed by atoms with Crippen molar-refractivity contribution in [2.24, 2.45) is 0 Å². The summed E-state index contributed by atoms with van der Waals surface area (Å²) in [4.78, 5) is 23.6. The lowest BCUT2D eigenvalue weighted by Gasteiger charge is -2.36. The Balaban J connectivity index is 1.35. The number of anilines is 1. The molecule has 2 aromatic carbocycles. The number of hydrogen-bond acceptors (Lipinski definition) is 5. The summed E-state index contributed by atoms with van der Waals surface area (Å²) in [5, 5.41) is 2.98. The van der Waals surface area contributed by atoms with Gasteiger partial charge >= 0.3 is 0 Å². The van der Waals surface area contributed by atoms with Gasteiger partial charge in [-0.3, -0.25) is 14.7 Å². The van der Waals surface area contributed by atoms with Crippen LogP contribution in [0.1, 0.15) is 21.6 Å². The van der Waals surface area contributed by atoms with Gasteiger partial charge in [0.1, 0.15) is 5.69 Å². The molecule has 0 unspecified atom stereocenters. The largest absolute Gasteiger partial charge is 0.368 e. The predicted octanol–water partition coefficient (Wildman–Crippen LogP) is 4.36. The highest BCUT2D eigenvalue weighted by Gasteiger charge is 2.20. The third-order valence-corrected chi connectivity index (χ3v) is 6.73. The van der Waals surface area contributed by atoms with Crippen molar-refractivity contribution in [3.63, 3.8) is 0 Å². The van der Waals surface area contributed by atoms with E-state index < -0.39 is 0 Å². The molecule has 0 saturated carbocycles. The van der Waals surface area contributed by atoms with Gasteiger partial charge in [0.25, 0.3) is 5.91 Å². The lowest BCUT2D eigenvalue weighted by molar-refractivity contribution is 0.0915. The first-order chi connectivity index (χ1) is 15.1. The molecule has 1 amide bonds. The van der Waals surface area contributed by atoms with Crippen LogP contribution in [0, 0.1) is 13.8 Å². The van der Waals surface area contributed by atoms with Crippen molar-refractivity contribution in [3.05, 3.63) is 83.7 Å². The van der Waals surface area contributed by atoms with E-state index in [1.54, 1.807) is 12.3 Å². The highest BCUT2D eigenvalue weighted by molar-refractivity contribution is 7.99. The van der Waals surface area contributed by atoms with Gasteiger partial charge in [0.05, 0.1) is 12.4 Å². The molecule has 5 nitrogen and oxygen atoms in total. The monoisotopic (exact) mass is 432 g/mol. The Labute approximate surface area is 188 Å². The topological polar surface area (TPSA) is 48.5 Å². The number of hydrogen-bond donors (Lipinski definition) is 1. The molecule has 0 atom stereocenters. The molecular formula is C25H28N4OS. The zero-order valence-electron chi connectivity index (χ0n) is 18.0. The first-order valence-electron chi connectivity index (χ1n) is 10.6. The fraction of sp³-hybridized carbons (Fsp3) is 0.280. The Morgan fingerprint density at radius 2 is 1.74 bits per heavy atom. The molecule has 0 spiro atoms. The number of piperazine rings is 1. The van der Waals surface area contributed by atoms with Crippen LogP contribution in [-0.2, 0) is 0 Å². The fourth-order valence-electron chi connectivity index (χ4n) is 3.76. The Morgan fingerprint density at radius 1 is 0.968 bits per heavy atom. The summed E-state index contributed by atoms with van der Waals surface area (Å²) < 4.78 is 0. The van der Waals surface area contributed by atoms with Crippen LogP contribution in [0.4, 0.5) is 5.69 Å². The quantitative estimate of drug-likeness (QED) is 0.627. The van der Waals surface area contributed by atoms with Crippen LogP contribution in [0.2, 0.25) is 0 Å². The lowest BCUT2D eigenvalue weighted by atomic mass is 10.2. The van der Waals surface area contributed by atoms with Crippen LogP contribution >= 0.6 is 11.8 Å². The normalized spacial score (nSPS) is 14.5. The average Bonchev–Trinajstić information content (AvgIpc) is 2.80. The smallest absolute Gasteiger partial charge is 0.270 e. The van der Waals surface area contributed by atoms with Crippen molar-refractivity contribution in [2.45, 2.75) is 23.6 Å². The minimum atomic E-state index is -0.127. The molecule has 1 aliphatic rings. The lowest BCUT2D eigenvalue weighted by Crippen LogP contribution is -2.50. The maximum absolute atomic E-state index is 12.2. The SMILES string of the molecule is Cc1ccc(Sc2ccccc2N2CCN(CNC(=O)c3ccccn3)CC2)c(C)c1. The molecule has 1 aromatic heterocycles. The standard InChI is InChI=1S/C25H28N4OS/c1-19-10-11-23(20(2)17-19)31-24-9-4-3-8-22(24)29-15-13-28(14-16-29)18-27-25(30)21-7-5-6-12-26-21/h3-12,17H,13-16,18H2,1-2H3,(H,27,30). The Morgan fingerprint density at radius 3 is 2.48 bits per heavy atom. The van der Waals surface area contributed by atoms with Gasteiger partial charge in [0.2, 0.25) is 0 Å². The van der Waals surface area contributed by atoms with Crippen LogP contribution in [0.15, 0.2) is 76.7 Å². The second-order valence-electron chi connectivity index (χ2n) is 7.82. The van der Waals surface area contributed by atoms with Crippen molar-refractivity contribution >= 4 is 23.4 Å². The minimum absolute atomic E-state index is 0.127. The molecule has 6 heteroatoms. The van der Waals surface area contributed by atoms with Gasteiger partial charge < -0.3 is 10.2 Å². The van der Waals surface area contributed by atoms with Gasteiger partial charge in [-0.2, -0.15) is 0 Å². The summed E-state index contributed by atoms with van der Waals surface area (Å²) in [5.74, 6) is -0.127. The van der Waals surface area contributed by atoms with E-state index >= 15 is 0 Å². The first-order valence-corrected chi connectivity index (χ1v) is 11.4. The zero-order chi connectivity index (χ0) is 21.6. The Hall–Kier alpha value is -2.83. The molecule has 1 fully saturated rings. The van der Waals surface area contributed by atoms with E-state index in [2.05, 4.69) is 76.4 Å². The van der Waals surface area contributed by atoms with E-state index in [0.29, 0.717) is 12.4 Å². The van der Waals surface area contributed by atoms with Gasteiger partial charge in [0, 0.05) is 42.2 Å². The molecule has 0 aliphatic carbocycles. The maximum Gasteiger partial charge on any atom is 0.270 e. The van der Waals surface area contributed by atoms with Crippen molar-refractivity contribution in [3.8, 4) is 0 Å². The highest BCUT2D eigenvalue weighted by Crippen LogP contribution is 2.37. The van der Waals surface area contributed by atoms with Crippen LogP contribution in [0.3, 0.4) is 0 Å². The number of carbonyl (C=O) groups is 1. The summed E-state index contributed by atoms with van der Waals surface area (Å²) in [6.07, 6.45) is 1.64. The molecule has 0 radical (unpaired) electrons. The summed E-state index contributed by atoms with van der Waals surface area (Å²) in [7, 11) is 0. The third kappa shape index (κ3) is 5.46. The minimum Gasteiger partial charge on any atom is -0.368 e. The van der Waals surface area contributed by atoms with Crippen molar-refractivity contribution < 1.29 is 4.79 Å². The van der Waals surface area contributed by atoms with Gasteiger partial charge in [-0.1, -0.05) is 47.7 Å². The van der Waals surface area contributed by atoms with E-state index in [0.717, 1.165) is 26.2 Å². The highest BCUT2D eigenvalue weighted by atomic mass is 32.2. The van der Waals surface area contributed by atoms with E-state index in [-0.39, 0.29) is 5.91 Å². The summed E-state index contributed by atoms with van der Waals surface area (Å²) >= 11 is 1.84. The number of pyridine rings is 1. The second-order valence-corrected chi connectivity index (χ2v) is 8.91. The Kier molecular flexibility index (Phi) is 6.89. The van der Waals surface area contributed by atoms with Gasteiger partial charge in [-0.15, -0.1) is 0 Å². The molecule has 2 heterocycles. The van der Waals surface area contributed by atoms with Crippen LogP contribution in [0.5, 0.6) is 0 Å². The van der Waals surface area contributed by atoms with E-state index in [1.165, 1.54) is 26.6 Å². The van der Waals surface area contributed by atoms with Crippen molar-refractivity contribution in [1.82, 2.24) is 15.2 Å². The summed E-state index contributed by atoms with van der Waals surface area (Å²) in [6, 6.07) is 20.6. The molecule has 1 saturated heterocycles. The average molecular weight is 433 g/mol. The third-order valence-electron chi connectivity index (χ3n) is 5.49. The number of carbonyl (C=O) groups excluding carboxylic acids is 1. The van der Waals surface area contributed by atoms with Crippen LogP contribution in [0.25, 0.3) is 0 Å².